The Hall–Kier alpha value is -2.82. The van der Waals surface area contributed by atoms with Crippen molar-refractivity contribution in [3.05, 3.63) is 64.3 Å². The molecule has 170 valence electrons. The van der Waals surface area contributed by atoms with Gasteiger partial charge >= 0.3 is 17.8 Å². The second-order valence-corrected chi connectivity index (χ2v) is 9.35. The Morgan fingerprint density at radius 2 is 1.41 bits per heavy atom. The van der Waals surface area contributed by atoms with Crippen LogP contribution in [-0.4, -0.2) is 33.3 Å². The van der Waals surface area contributed by atoms with Gasteiger partial charge in [0.05, 0.1) is 22.5 Å². The summed E-state index contributed by atoms with van der Waals surface area (Å²) in [6.07, 6.45) is 0. The molecule has 0 spiro atoms. The lowest BCUT2D eigenvalue weighted by Crippen LogP contribution is -2.49. The number of hydrogen-bond donors (Lipinski definition) is 0. The lowest BCUT2D eigenvalue weighted by molar-refractivity contribution is -0.267. The summed E-state index contributed by atoms with van der Waals surface area (Å²) in [7, 11) is -3.09. The van der Waals surface area contributed by atoms with Crippen LogP contribution in [0.5, 0.6) is 5.75 Å². The van der Waals surface area contributed by atoms with Crippen LogP contribution in [0.2, 0.25) is 0 Å². The first-order chi connectivity index (χ1) is 14.7. The number of halogens is 7. The predicted molar refractivity (Wildman–Crippen MR) is 101 cm³/mol. The van der Waals surface area contributed by atoms with Gasteiger partial charge in [0, 0.05) is 11.1 Å². The van der Waals surface area contributed by atoms with Gasteiger partial charge in [0.25, 0.3) is 0 Å². The molecule has 0 atom stereocenters. The van der Waals surface area contributed by atoms with E-state index in [1.165, 1.54) is 13.2 Å². The maximum atomic E-state index is 14.4. The maximum Gasteiger partial charge on any atom is 0.383 e. The van der Waals surface area contributed by atoms with Crippen LogP contribution in [-0.2, 0) is 9.84 Å². The van der Waals surface area contributed by atoms with E-state index < -0.39 is 59.9 Å². The minimum atomic E-state index is -6.07. The summed E-state index contributed by atoms with van der Waals surface area (Å²) in [4.78, 5) is -1.49. The van der Waals surface area contributed by atoms with Gasteiger partial charge in [0.1, 0.15) is 5.75 Å². The van der Waals surface area contributed by atoms with Crippen molar-refractivity contribution >= 4 is 15.4 Å². The number of rotatable bonds is 3. The number of methoxy groups -OCH3 is 1. The van der Waals surface area contributed by atoms with Crippen molar-refractivity contribution in [3.8, 4) is 16.9 Å². The molecule has 11 heteroatoms. The largest absolute Gasteiger partial charge is 0.497 e. The van der Waals surface area contributed by atoms with E-state index in [4.69, 9.17) is 4.74 Å². The molecule has 0 fully saturated rings. The standard InChI is InChI=1S/C21H13F7O3S/c1-10-16(17-18(22)20(25,26)21(27,28)19(17,23)24)14-8-5-12(9-15(14)32(10,29)30)11-3-6-13(31-2)7-4-11/h3-9H,1-2H3. The SMILES string of the molecule is COc1ccc(-c2ccc3c(c2)S(=O)(=O)C(C)=C3C2=C(F)C(F)(F)C(F)(F)C2(F)F)cc1. The zero-order chi connectivity index (χ0) is 23.9. The van der Waals surface area contributed by atoms with Crippen molar-refractivity contribution in [2.45, 2.75) is 29.6 Å². The molecule has 1 aliphatic carbocycles. The Bertz CT molecular complexity index is 1310. The van der Waals surface area contributed by atoms with Crippen molar-refractivity contribution in [2.75, 3.05) is 7.11 Å². The Labute approximate surface area is 177 Å². The van der Waals surface area contributed by atoms with Gasteiger partial charge in [-0.1, -0.05) is 24.3 Å². The molecule has 3 nitrogen and oxygen atoms in total. The molecule has 2 aliphatic rings. The van der Waals surface area contributed by atoms with E-state index in [2.05, 4.69) is 0 Å². The van der Waals surface area contributed by atoms with E-state index in [0.717, 1.165) is 19.1 Å². The van der Waals surface area contributed by atoms with Gasteiger partial charge in [-0.15, -0.1) is 0 Å². The van der Waals surface area contributed by atoms with Gasteiger partial charge in [-0.3, -0.25) is 0 Å². The molecule has 0 bridgehead atoms. The molecule has 2 aromatic carbocycles. The summed E-state index contributed by atoms with van der Waals surface area (Å²) >= 11 is 0. The Kier molecular flexibility index (Phi) is 4.61. The molecule has 32 heavy (non-hydrogen) atoms. The first-order valence-corrected chi connectivity index (χ1v) is 10.5. The highest BCUT2D eigenvalue weighted by molar-refractivity contribution is 7.95. The van der Waals surface area contributed by atoms with Crippen LogP contribution < -0.4 is 4.74 Å². The van der Waals surface area contributed by atoms with Crippen molar-refractivity contribution in [1.82, 2.24) is 0 Å². The highest BCUT2D eigenvalue weighted by Crippen LogP contribution is 2.64. The van der Waals surface area contributed by atoms with Crippen LogP contribution in [0.25, 0.3) is 16.7 Å². The third kappa shape index (κ3) is 2.63. The molecule has 0 unspecified atom stereocenters. The van der Waals surface area contributed by atoms with E-state index in [9.17, 15) is 39.2 Å². The first-order valence-electron chi connectivity index (χ1n) is 8.99. The topological polar surface area (TPSA) is 43.4 Å². The van der Waals surface area contributed by atoms with Gasteiger partial charge in [-0.2, -0.15) is 26.3 Å². The molecule has 4 rings (SSSR count). The average Bonchev–Trinajstić information content (AvgIpc) is 2.98. The lowest BCUT2D eigenvalue weighted by Gasteiger charge is -2.25. The van der Waals surface area contributed by atoms with Crippen LogP contribution >= 0.6 is 0 Å². The second-order valence-electron chi connectivity index (χ2n) is 7.29. The fraction of sp³-hybridized carbons (Fsp3) is 0.238. The van der Waals surface area contributed by atoms with Crippen molar-refractivity contribution in [3.63, 3.8) is 0 Å². The van der Waals surface area contributed by atoms with Crippen LogP contribution in [0.15, 0.2) is 63.7 Å². The minimum absolute atomic E-state index is 0.312. The summed E-state index contributed by atoms with van der Waals surface area (Å²) < 4.78 is 129. The third-order valence-corrected chi connectivity index (χ3v) is 7.49. The summed E-state index contributed by atoms with van der Waals surface area (Å²) in [5.74, 6) is -20.0. The number of fused-ring (bicyclic) bond motifs is 1. The number of alkyl halides is 6. The molecule has 0 radical (unpaired) electrons. The fourth-order valence-corrected chi connectivity index (χ4v) is 5.32. The smallest absolute Gasteiger partial charge is 0.383 e. The number of ether oxygens (including phenoxy) is 1. The Balaban J connectivity index is 1.93. The molecule has 0 saturated heterocycles. The monoisotopic (exact) mass is 478 g/mol. The predicted octanol–water partition coefficient (Wildman–Crippen LogP) is 6.02. The van der Waals surface area contributed by atoms with E-state index in [-0.39, 0.29) is 0 Å². The normalized spacial score (nSPS) is 22.3. The Morgan fingerprint density at radius 3 is 1.91 bits per heavy atom. The first kappa shape index (κ1) is 22.4. The number of hydrogen-bond acceptors (Lipinski definition) is 3. The van der Waals surface area contributed by atoms with Crippen molar-refractivity contribution < 1.29 is 43.9 Å². The van der Waals surface area contributed by atoms with Gasteiger partial charge < -0.3 is 4.74 Å². The van der Waals surface area contributed by atoms with Gasteiger partial charge in [0.2, 0.25) is 9.84 Å². The number of sulfone groups is 1. The van der Waals surface area contributed by atoms with E-state index in [1.54, 1.807) is 24.3 Å². The van der Waals surface area contributed by atoms with Crippen LogP contribution in [0.3, 0.4) is 0 Å². The molecule has 0 N–H and O–H groups in total. The Morgan fingerprint density at radius 1 is 0.844 bits per heavy atom. The van der Waals surface area contributed by atoms with E-state index in [0.29, 0.717) is 16.9 Å². The van der Waals surface area contributed by atoms with Gasteiger partial charge in [-0.25, -0.2) is 12.8 Å². The van der Waals surface area contributed by atoms with E-state index >= 15 is 0 Å². The van der Waals surface area contributed by atoms with Gasteiger partial charge in [-0.05, 0) is 36.2 Å². The van der Waals surface area contributed by atoms with Crippen molar-refractivity contribution in [1.29, 1.82) is 0 Å². The third-order valence-electron chi connectivity index (χ3n) is 5.57. The quantitative estimate of drug-likeness (QED) is 0.507. The fourth-order valence-electron chi connectivity index (χ4n) is 3.77. The molecule has 1 heterocycles. The zero-order valence-corrected chi connectivity index (χ0v) is 17.1. The summed E-state index contributed by atoms with van der Waals surface area (Å²) in [6.45, 7) is 0.780. The maximum absolute atomic E-state index is 14.4. The van der Waals surface area contributed by atoms with Crippen molar-refractivity contribution in [2.24, 2.45) is 0 Å². The molecule has 0 saturated carbocycles. The summed E-state index contributed by atoms with van der Waals surface area (Å²) in [5, 5.41) is 0. The lowest BCUT2D eigenvalue weighted by atomic mass is 9.92. The molecule has 0 aromatic heterocycles. The minimum Gasteiger partial charge on any atom is -0.497 e. The van der Waals surface area contributed by atoms with Crippen LogP contribution in [0, 0.1) is 0 Å². The van der Waals surface area contributed by atoms with Crippen LogP contribution in [0.4, 0.5) is 30.7 Å². The molecule has 2 aromatic rings. The van der Waals surface area contributed by atoms with E-state index in [1.807, 2.05) is 0 Å². The zero-order valence-electron chi connectivity index (χ0n) is 16.3. The molecular formula is C21H13F7O3S. The summed E-state index contributed by atoms with van der Waals surface area (Å²) in [5.41, 5.74) is -3.24. The number of allylic oxidation sites excluding steroid dienone is 4. The van der Waals surface area contributed by atoms with Crippen LogP contribution in [0.1, 0.15) is 12.5 Å². The average molecular weight is 478 g/mol. The molecule has 1 aliphatic heterocycles. The highest BCUT2D eigenvalue weighted by atomic mass is 32.2. The summed E-state index contributed by atoms with van der Waals surface area (Å²) in [6, 6.07) is 9.70. The number of benzene rings is 2. The highest BCUT2D eigenvalue weighted by Gasteiger charge is 2.81. The second kappa shape index (κ2) is 6.60. The molecule has 0 amide bonds. The molecular weight excluding hydrogens is 465 g/mol. The van der Waals surface area contributed by atoms with Gasteiger partial charge in [0.15, 0.2) is 5.83 Å².